The number of carbonyl (C=O) groups is 7. The summed E-state index contributed by atoms with van der Waals surface area (Å²) in [5.41, 5.74) is 1.33. The SMILES string of the molecule is CN(CC(=O)O)c1ccc(C(=O)OCC(=O)OCCOCCOC(=O)COC(=O)c2ccc(N(COC=O)COC=O)cc2)cc1. The number of carbonyl (C=O) groups excluding carboxylic acids is 6. The lowest BCUT2D eigenvalue weighted by Gasteiger charge is -2.22. The lowest BCUT2D eigenvalue weighted by molar-refractivity contribution is -0.150. The third-order valence-corrected chi connectivity index (χ3v) is 5.60. The van der Waals surface area contributed by atoms with Crippen molar-refractivity contribution in [3.8, 4) is 0 Å². The third kappa shape index (κ3) is 13.7. The average molecular weight is 649 g/mol. The minimum atomic E-state index is -1.00. The van der Waals surface area contributed by atoms with Crippen molar-refractivity contribution in [2.75, 3.05) is 76.5 Å². The summed E-state index contributed by atoms with van der Waals surface area (Å²) < 4.78 is 34.1. The molecule has 2 aromatic rings. The van der Waals surface area contributed by atoms with Crippen molar-refractivity contribution in [3.05, 3.63) is 59.7 Å². The number of carboxylic acid groups (broad SMARTS) is 1. The first kappa shape index (κ1) is 36.5. The van der Waals surface area contributed by atoms with Crippen LogP contribution in [-0.4, -0.2) is 115 Å². The van der Waals surface area contributed by atoms with Gasteiger partial charge in [0.1, 0.15) is 19.8 Å². The molecule has 1 N–H and O–H groups in total. The fraction of sp³-hybridized carbons (Fsp3) is 0.345. The number of anilines is 2. The number of aliphatic carboxylic acids is 1. The smallest absolute Gasteiger partial charge is 0.344 e. The van der Waals surface area contributed by atoms with Gasteiger partial charge in [-0.25, -0.2) is 19.2 Å². The van der Waals surface area contributed by atoms with Crippen molar-refractivity contribution in [1.82, 2.24) is 0 Å². The Hall–Kier alpha value is -5.71. The second-order valence-electron chi connectivity index (χ2n) is 8.87. The number of likely N-dealkylation sites (N-methyl/N-ethyl adjacent to an activating group) is 1. The van der Waals surface area contributed by atoms with Crippen molar-refractivity contribution in [3.63, 3.8) is 0 Å². The summed E-state index contributed by atoms with van der Waals surface area (Å²) in [7, 11) is 1.58. The van der Waals surface area contributed by atoms with Gasteiger partial charge in [-0.15, -0.1) is 0 Å². The summed E-state index contributed by atoms with van der Waals surface area (Å²) in [6, 6.07) is 11.7. The Labute approximate surface area is 262 Å². The Morgan fingerprint density at radius 2 is 1.09 bits per heavy atom. The quantitative estimate of drug-likeness (QED) is 0.0601. The molecule has 0 aliphatic heterocycles. The molecule has 46 heavy (non-hydrogen) atoms. The normalized spacial score (nSPS) is 10.1. The fourth-order valence-corrected chi connectivity index (χ4v) is 3.41. The van der Waals surface area contributed by atoms with Crippen LogP contribution in [0.4, 0.5) is 11.4 Å². The minimum Gasteiger partial charge on any atom is -0.480 e. The van der Waals surface area contributed by atoms with Gasteiger partial charge in [0.05, 0.1) is 24.3 Å². The van der Waals surface area contributed by atoms with Crippen LogP contribution in [0.15, 0.2) is 48.5 Å². The molecular formula is C29H32N2O15. The molecule has 0 aromatic heterocycles. The standard InChI is InChI=1S/C29H32N2O15/c1-30(14-25(34)35)23-6-2-21(3-7-23)28(38)45-15-26(36)43-12-10-40-11-13-44-27(37)16-46-29(39)22-4-8-24(9-5-22)31(17-41-19-32)18-42-20-33/h2-9,19-20H,10-18H2,1H3,(H,34,35). The van der Waals surface area contributed by atoms with Crippen LogP contribution < -0.4 is 9.80 Å². The van der Waals surface area contributed by atoms with Crippen LogP contribution in [-0.2, 0) is 57.1 Å². The molecule has 0 atom stereocenters. The van der Waals surface area contributed by atoms with Crippen LogP contribution in [0.2, 0.25) is 0 Å². The number of hydrogen-bond acceptors (Lipinski definition) is 16. The molecular weight excluding hydrogens is 616 g/mol. The highest BCUT2D eigenvalue weighted by molar-refractivity contribution is 5.92. The number of nitrogens with zero attached hydrogens (tertiary/aromatic N) is 2. The molecule has 2 rings (SSSR count). The van der Waals surface area contributed by atoms with E-state index in [0.717, 1.165) is 0 Å². The summed E-state index contributed by atoms with van der Waals surface area (Å²) in [6.07, 6.45) is 0. The van der Waals surface area contributed by atoms with E-state index >= 15 is 0 Å². The van der Waals surface area contributed by atoms with E-state index in [2.05, 4.69) is 9.47 Å². The van der Waals surface area contributed by atoms with E-state index in [1.54, 1.807) is 19.2 Å². The first-order chi connectivity index (χ1) is 22.1. The molecule has 0 aliphatic rings. The Morgan fingerprint density at radius 1 is 0.652 bits per heavy atom. The van der Waals surface area contributed by atoms with E-state index in [-0.39, 0.29) is 70.5 Å². The Morgan fingerprint density at radius 3 is 1.50 bits per heavy atom. The second-order valence-corrected chi connectivity index (χ2v) is 8.87. The summed E-state index contributed by atoms with van der Waals surface area (Å²) in [4.78, 5) is 82.5. The van der Waals surface area contributed by atoms with Gasteiger partial charge in [-0.2, -0.15) is 0 Å². The highest BCUT2D eigenvalue weighted by Gasteiger charge is 2.15. The lowest BCUT2D eigenvalue weighted by Crippen LogP contribution is -2.28. The monoisotopic (exact) mass is 648 g/mol. The van der Waals surface area contributed by atoms with Crippen LogP contribution >= 0.6 is 0 Å². The first-order valence-corrected chi connectivity index (χ1v) is 13.4. The molecule has 0 fully saturated rings. The van der Waals surface area contributed by atoms with E-state index < -0.39 is 43.1 Å². The van der Waals surface area contributed by atoms with E-state index in [1.807, 2.05) is 0 Å². The van der Waals surface area contributed by atoms with Gasteiger partial charge in [-0.05, 0) is 48.5 Å². The molecule has 0 unspecified atom stereocenters. The van der Waals surface area contributed by atoms with Gasteiger partial charge in [-0.3, -0.25) is 14.4 Å². The molecule has 17 nitrogen and oxygen atoms in total. The zero-order valence-electron chi connectivity index (χ0n) is 24.7. The molecule has 0 spiro atoms. The summed E-state index contributed by atoms with van der Waals surface area (Å²) in [5.74, 6) is -4.21. The van der Waals surface area contributed by atoms with Crippen molar-refractivity contribution < 1.29 is 71.8 Å². The van der Waals surface area contributed by atoms with Gasteiger partial charge in [0.25, 0.3) is 12.9 Å². The topological polar surface area (TPSA) is 211 Å². The number of ether oxygens (including phenoxy) is 7. The summed E-state index contributed by atoms with van der Waals surface area (Å²) in [5, 5.41) is 8.84. The molecule has 0 saturated carbocycles. The molecule has 2 aromatic carbocycles. The van der Waals surface area contributed by atoms with Gasteiger partial charge in [0.15, 0.2) is 26.7 Å². The van der Waals surface area contributed by atoms with Crippen molar-refractivity contribution in [1.29, 1.82) is 0 Å². The zero-order valence-corrected chi connectivity index (χ0v) is 24.7. The molecule has 248 valence electrons. The predicted octanol–water partition coefficient (Wildman–Crippen LogP) is 0.392. The second kappa shape index (κ2) is 20.3. The molecule has 0 bridgehead atoms. The fourth-order valence-electron chi connectivity index (χ4n) is 3.41. The molecule has 0 amide bonds. The van der Waals surface area contributed by atoms with Crippen LogP contribution in [0.25, 0.3) is 0 Å². The predicted molar refractivity (Wildman–Crippen MR) is 154 cm³/mol. The van der Waals surface area contributed by atoms with Gasteiger partial charge < -0.3 is 48.1 Å². The third-order valence-electron chi connectivity index (χ3n) is 5.60. The van der Waals surface area contributed by atoms with Gasteiger partial charge in [0, 0.05) is 18.4 Å². The zero-order chi connectivity index (χ0) is 33.7. The highest BCUT2D eigenvalue weighted by atomic mass is 16.6. The summed E-state index contributed by atoms with van der Waals surface area (Å²) in [6.45, 7) is -1.84. The van der Waals surface area contributed by atoms with E-state index in [9.17, 15) is 33.6 Å². The van der Waals surface area contributed by atoms with Crippen LogP contribution in [0.1, 0.15) is 20.7 Å². The number of benzene rings is 2. The number of esters is 4. The average Bonchev–Trinajstić information content (AvgIpc) is 3.05. The van der Waals surface area contributed by atoms with Crippen LogP contribution in [0.3, 0.4) is 0 Å². The van der Waals surface area contributed by atoms with E-state index in [1.165, 1.54) is 46.2 Å². The van der Waals surface area contributed by atoms with Crippen LogP contribution in [0, 0.1) is 0 Å². The van der Waals surface area contributed by atoms with E-state index in [4.69, 9.17) is 28.8 Å². The summed E-state index contributed by atoms with van der Waals surface area (Å²) >= 11 is 0. The largest absolute Gasteiger partial charge is 0.480 e. The highest BCUT2D eigenvalue weighted by Crippen LogP contribution is 2.16. The molecule has 0 heterocycles. The Bertz CT molecular complexity index is 1300. The van der Waals surface area contributed by atoms with Crippen molar-refractivity contribution >= 4 is 54.2 Å². The molecule has 0 saturated heterocycles. The Kier molecular flexibility index (Phi) is 16.1. The number of carboxylic acids is 1. The maximum atomic E-state index is 12.2. The maximum absolute atomic E-state index is 12.2. The molecule has 0 aliphatic carbocycles. The number of hydrogen-bond donors (Lipinski definition) is 1. The van der Waals surface area contributed by atoms with Crippen LogP contribution in [0.5, 0.6) is 0 Å². The van der Waals surface area contributed by atoms with Crippen molar-refractivity contribution in [2.45, 2.75) is 0 Å². The minimum absolute atomic E-state index is 0.0342. The van der Waals surface area contributed by atoms with Gasteiger partial charge in [0.2, 0.25) is 0 Å². The van der Waals surface area contributed by atoms with Gasteiger partial charge in [-0.1, -0.05) is 0 Å². The molecule has 17 heteroatoms. The number of rotatable bonds is 22. The lowest BCUT2D eigenvalue weighted by atomic mass is 10.2. The maximum Gasteiger partial charge on any atom is 0.344 e. The van der Waals surface area contributed by atoms with Crippen molar-refractivity contribution in [2.24, 2.45) is 0 Å². The van der Waals surface area contributed by atoms with E-state index in [0.29, 0.717) is 11.4 Å². The molecule has 0 radical (unpaired) electrons. The Balaban J connectivity index is 1.56. The first-order valence-electron chi connectivity index (χ1n) is 13.4. The van der Waals surface area contributed by atoms with Gasteiger partial charge >= 0.3 is 29.8 Å².